The predicted molar refractivity (Wildman–Crippen MR) is 81.2 cm³/mol. The lowest BCUT2D eigenvalue weighted by Gasteiger charge is -2.37. The molecule has 2 unspecified atom stereocenters. The van der Waals surface area contributed by atoms with E-state index in [1.165, 1.54) is 6.42 Å². The van der Waals surface area contributed by atoms with Crippen LogP contribution in [0.25, 0.3) is 0 Å². The van der Waals surface area contributed by atoms with Gasteiger partial charge >= 0.3 is 0 Å². The van der Waals surface area contributed by atoms with Crippen LogP contribution in [0.4, 0.5) is 0 Å². The summed E-state index contributed by atoms with van der Waals surface area (Å²) in [5, 5.41) is 13.1. The molecule has 2 heterocycles. The van der Waals surface area contributed by atoms with Crippen molar-refractivity contribution < 1.29 is 9.90 Å². The Labute approximate surface area is 126 Å². The maximum atomic E-state index is 12.6. The van der Waals surface area contributed by atoms with Crippen LogP contribution in [0.3, 0.4) is 0 Å². The molecule has 0 saturated carbocycles. The van der Waals surface area contributed by atoms with Crippen molar-refractivity contribution in [3.8, 4) is 5.75 Å². The molecule has 2 saturated heterocycles. The lowest BCUT2D eigenvalue weighted by molar-refractivity contribution is 0.0574. The Morgan fingerprint density at radius 2 is 2.26 bits per heavy atom. The second-order valence-corrected chi connectivity index (χ2v) is 6.45. The molecule has 102 valence electrons. The topological polar surface area (TPSA) is 52.6 Å². The number of amides is 1. The van der Waals surface area contributed by atoms with Crippen LogP contribution in [-0.2, 0) is 0 Å². The minimum atomic E-state index is 0.0464. The first-order chi connectivity index (χ1) is 9.16. The van der Waals surface area contributed by atoms with Gasteiger partial charge in [0, 0.05) is 31.2 Å². The van der Waals surface area contributed by atoms with E-state index in [1.54, 1.807) is 18.2 Å². The van der Waals surface area contributed by atoms with Crippen LogP contribution in [0.1, 0.15) is 23.2 Å². The van der Waals surface area contributed by atoms with E-state index in [4.69, 9.17) is 0 Å². The molecule has 0 radical (unpaired) electrons. The molecule has 1 aromatic rings. The third kappa shape index (κ3) is 2.45. The molecule has 3 rings (SSSR count). The van der Waals surface area contributed by atoms with Gasteiger partial charge in [-0.05, 0) is 59.5 Å². The number of phenols is 1. The first kappa shape index (κ1) is 13.2. The summed E-state index contributed by atoms with van der Waals surface area (Å²) in [5.74, 6) is 0.824. The van der Waals surface area contributed by atoms with Crippen molar-refractivity contribution in [3.63, 3.8) is 0 Å². The summed E-state index contributed by atoms with van der Waals surface area (Å²) >= 11 is 2.06. The number of carbonyl (C=O) groups is 1. The lowest BCUT2D eigenvalue weighted by Crippen LogP contribution is -2.48. The number of likely N-dealkylation sites (tertiary alicyclic amines) is 1. The molecule has 0 spiro atoms. The number of aromatic hydroxyl groups is 1. The first-order valence-corrected chi connectivity index (χ1v) is 7.75. The number of carbonyl (C=O) groups excluding carboxylic acids is 1. The van der Waals surface area contributed by atoms with E-state index in [0.717, 1.165) is 29.6 Å². The van der Waals surface area contributed by atoms with Gasteiger partial charge in [-0.2, -0.15) is 0 Å². The molecule has 2 atom stereocenters. The highest BCUT2D eigenvalue weighted by Crippen LogP contribution is 2.29. The smallest absolute Gasteiger partial charge is 0.254 e. The highest BCUT2D eigenvalue weighted by molar-refractivity contribution is 14.1. The van der Waals surface area contributed by atoms with Crippen molar-refractivity contribution in [3.05, 3.63) is 27.3 Å². The molecule has 0 bridgehead atoms. The Kier molecular flexibility index (Phi) is 3.66. The number of halogens is 1. The molecule has 19 heavy (non-hydrogen) atoms. The lowest BCUT2D eigenvalue weighted by atomic mass is 9.91. The molecular weight excluding hydrogens is 355 g/mol. The van der Waals surface area contributed by atoms with E-state index >= 15 is 0 Å². The zero-order valence-corrected chi connectivity index (χ0v) is 12.8. The molecule has 2 fully saturated rings. The van der Waals surface area contributed by atoms with Gasteiger partial charge in [-0.1, -0.05) is 0 Å². The van der Waals surface area contributed by atoms with Gasteiger partial charge < -0.3 is 15.3 Å². The number of nitrogens with zero attached hydrogens (tertiary/aromatic N) is 1. The maximum Gasteiger partial charge on any atom is 0.254 e. The SMILES string of the molecule is O=C(c1ccc(I)c(O)c1)N1CCCC2CNCC21. The molecule has 2 N–H and O–H groups in total. The molecule has 1 aromatic carbocycles. The summed E-state index contributed by atoms with van der Waals surface area (Å²) in [6.45, 7) is 2.74. The molecular formula is C14H17IN2O2. The van der Waals surface area contributed by atoms with Gasteiger partial charge in [0.05, 0.1) is 3.57 Å². The largest absolute Gasteiger partial charge is 0.507 e. The number of phenolic OH excluding ortho intramolecular Hbond substituents is 1. The van der Waals surface area contributed by atoms with Crippen LogP contribution >= 0.6 is 22.6 Å². The molecule has 0 aromatic heterocycles. The molecule has 5 heteroatoms. The Morgan fingerprint density at radius 3 is 3.05 bits per heavy atom. The van der Waals surface area contributed by atoms with Gasteiger partial charge in [-0.3, -0.25) is 4.79 Å². The van der Waals surface area contributed by atoms with Crippen LogP contribution in [0, 0.1) is 9.49 Å². The fourth-order valence-corrected chi connectivity index (χ4v) is 3.47. The van der Waals surface area contributed by atoms with Crippen LogP contribution < -0.4 is 5.32 Å². The highest BCUT2D eigenvalue weighted by atomic mass is 127. The number of nitrogens with one attached hydrogen (secondary N) is 1. The van der Waals surface area contributed by atoms with Crippen LogP contribution in [-0.4, -0.2) is 41.6 Å². The third-order valence-corrected chi connectivity index (χ3v) is 5.04. The quantitative estimate of drug-likeness (QED) is 0.740. The molecule has 2 aliphatic rings. The monoisotopic (exact) mass is 372 g/mol. The fourth-order valence-electron chi connectivity index (χ4n) is 3.13. The summed E-state index contributed by atoms with van der Waals surface area (Å²) in [7, 11) is 0. The van der Waals surface area contributed by atoms with Crippen molar-refractivity contribution >= 4 is 28.5 Å². The van der Waals surface area contributed by atoms with Gasteiger partial charge in [0.1, 0.15) is 5.75 Å². The highest BCUT2D eigenvalue weighted by Gasteiger charge is 2.37. The van der Waals surface area contributed by atoms with Crippen LogP contribution in [0.5, 0.6) is 5.75 Å². The summed E-state index contributed by atoms with van der Waals surface area (Å²) in [6.07, 6.45) is 2.28. The van der Waals surface area contributed by atoms with Crippen molar-refractivity contribution in [1.82, 2.24) is 10.2 Å². The second kappa shape index (κ2) is 5.28. The summed E-state index contributed by atoms with van der Waals surface area (Å²) in [6, 6.07) is 5.49. The van der Waals surface area contributed by atoms with Gasteiger partial charge in [-0.15, -0.1) is 0 Å². The van der Waals surface area contributed by atoms with Crippen molar-refractivity contribution in [2.45, 2.75) is 18.9 Å². The number of rotatable bonds is 1. The van der Waals surface area contributed by atoms with Crippen molar-refractivity contribution in [2.24, 2.45) is 5.92 Å². The third-order valence-electron chi connectivity index (χ3n) is 4.13. The average Bonchev–Trinajstić information content (AvgIpc) is 2.89. The molecule has 0 aliphatic carbocycles. The van der Waals surface area contributed by atoms with E-state index < -0.39 is 0 Å². The normalized spacial score (nSPS) is 26.3. The predicted octanol–water partition coefficient (Wildman–Crippen LogP) is 1.82. The summed E-state index contributed by atoms with van der Waals surface area (Å²) in [5.41, 5.74) is 0.588. The molecule has 1 amide bonds. The minimum Gasteiger partial charge on any atom is -0.507 e. The molecule has 4 nitrogen and oxygen atoms in total. The van der Waals surface area contributed by atoms with Crippen molar-refractivity contribution in [1.29, 1.82) is 0 Å². The van der Waals surface area contributed by atoms with Crippen LogP contribution in [0.2, 0.25) is 0 Å². The second-order valence-electron chi connectivity index (χ2n) is 5.29. The Bertz CT molecular complexity index is 506. The minimum absolute atomic E-state index is 0.0464. The standard InChI is InChI=1S/C14H17IN2O2/c15-11-4-3-9(6-13(11)18)14(19)17-5-1-2-10-7-16-8-12(10)17/h3-4,6,10,12,16,18H,1-2,5,7-8H2. The van der Waals surface area contributed by atoms with E-state index in [-0.39, 0.29) is 11.7 Å². The van der Waals surface area contributed by atoms with Gasteiger partial charge in [0.25, 0.3) is 5.91 Å². The number of fused-ring (bicyclic) bond motifs is 1. The van der Waals surface area contributed by atoms with E-state index in [9.17, 15) is 9.90 Å². The average molecular weight is 372 g/mol. The van der Waals surface area contributed by atoms with E-state index in [0.29, 0.717) is 17.5 Å². The maximum absolute atomic E-state index is 12.6. The zero-order valence-electron chi connectivity index (χ0n) is 10.6. The van der Waals surface area contributed by atoms with E-state index in [2.05, 4.69) is 27.9 Å². The molecule has 2 aliphatic heterocycles. The summed E-state index contributed by atoms with van der Waals surface area (Å²) < 4.78 is 0.771. The Hall–Kier alpha value is -0.820. The fraction of sp³-hybridized carbons (Fsp3) is 0.500. The van der Waals surface area contributed by atoms with Gasteiger partial charge in [0.2, 0.25) is 0 Å². The van der Waals surface area contributed by atoms with Crippen LogP contribution in [0.15, 0.2) is 18.2 Å². The van der Waals surface area contributed by atoms with Crippen molar-refractivity contribution in [2.75, 3.05) is 19.6 Å². The number of piperidine rings is 1. The van der Waals surface area contributed by atoms with Gasteiger partial charge in [-0.25, -0.2) is 0 Å². The van der Waals surface area contributed by atoms with Gasteiger partial charge in [0.15, 0.2) is 0 Å². The van der Waals surface area contributed by atoms with E-state index in [1.807, 2.05) is 4.90 Å². The Morgan fingerprint density at radius 1 is 1.42 bits per heavy atom. The number of benzene rings is 1. The number of hydrogen-bond acceptors (Lipinski definition) is 3. The first-order valence-electron chi connectivity index (χ1n) is 6.67. The number of hydrogen-bond donors (Lipinski definition) is 2. The zero-order chi connectivity index (χ0) is 13.4. The summed E-state index contributed by atoms with van der Waals surface area (Å²) in [4.78, 5) is 14.6. The Balaban J connectivity index is 1.84.